The molecule has 8 heteroatoms. The van der Waals surface area contributed by atoms with Crippen molar-refractivity contribution in [3.63, 3.8) is 0 Å². The van der Waals surface area contributed by atoms with Crippen LogP contribution in [0.25, 0.3) is 0 Å². The highest BCUT2D eigenvalue weighted by Crippen LogP contribution is 2.13. The number of ether oxygens (including phenoxy) is 1. The third kappa shape index (κ3) is 5.99. The number of likely N-dealkylation sites (tertiary alicyclic amines) is 1. The van der Waals surface area contributed by atoms with Gasteiger partial charge in [0.2, 0.25) is 0 Å². The van der Waals surface area contributed by atoms with Gasteiger partial charge in [-0.2, -0.15) is 0 Å². The maximum Gasteiger partial charge on any atom is 0.325 e. The summed E-state index contributed by atoms with van der Waals surface area (Å²) in [7, 11) is 0. The van der Waals surface area contributed by atoms with Crippen LogP contribution >= 0.6 is 15.9 Å². The fraction of sp³-hybridized carbons (Fsp3) is 0.562. The Morgan fingerprint density at radius 3 is 2.42 bits per heavy atom. The second-order valence-electron chi connectivity index (χ2n) is 5.60. The average Bonchev–Trinajstić information content (AvgIpc) is 2.96. The van der Waals surface area contributed by atoms with Gasteiger partial charge in [0, 0.05) is 13.1 Å². The maximum atomic E-state index is 12.1. The predicted octanol–water partition coefficient (Wildman–Crippen LogP) is 2.11. The molecule has 0 atom stereocenters. The summed E-state index contributed by atoms with van der Waals surface area (Å²) in [5.74, 6) is -1.28. The fourth-order valence-electron chi connectivity index (χ4n) is 2.46. The number of carbonyl (C=O) groups excluding carboxylic acids is 3. The molecule has 2 rings (SSSR count). The number of halogens is 1. The zero-order chi connectivity index (χ0) is 17.4. The summed E-state index contributed by atoms with van der Waals surface area (Å²) in [6.45, 7) is 0.812. The van der Waals surface area contributed by atoms with E-state index in [1.54, 1.807) is 11.0 Å². The highest BCUT2D eigenvalue weighted by atomic mass is 79.9. The molecule has 0 bridgehead atoms. The van der Waals surface area contributed by atoms with Crippen molar-refractivity contribution in [2.45, 2.75) is 32.1 Å². The van der Waals surface area contributed by atoms with Gasteiger partial charge in [-0.3, -0.25) is 14.4 Å². The predicted molar refractivity (Wildman–Crippen MR) is 89.4 cm³/mol. The van der Waals surface area contributed by atoms with Crippen molar-refractivity contribution < 1.29 is 23.5 Å². The number of hydrogen-bond acceptors (Lipinski definition) is 5. The summed E-state index contributed by atoms with van der Waals surface area (Å²) in [6, 6.07) is 3.06. The molecule has 2 amide bonds. The van der Waals surface area contributed by atoms with E-state index >= 15 is 0 Å². The number of rotatable bonds is 5. The lowest BCUT2D eigenvalue weighted by Crippen LogP contribution is -2.38. The molecule has 0 aromatic carbocycles. The Morgan fingerprint density at radius 2 is 1.79 bits per heavy atom. The van der Waals surface area contributed by atoms with Crippen LogP contribution in [0.3, 0.4) is 0 Å². The summed E-state index contributed by atoms with van der Waals surface area (Å²) in [6.07, 6.45) is 5.42. The molecule has 1 saturated heterocycles. The minimum absolute atomic E-state index is 0.0892. The molecule has 1 aromatic rings. The first-order valence-corrected chi connectivity index (χ1v) is 8.82. The Bertz CT molecular complexity index is 579. The van der Waals surface area contributed by atoms with E-state index in [9.17, 15) is 14.4 Å². The zero-order valence-corrected chi connectivity index (χ0v) is 15.0. The van der Waals surface area contributed by atoms with Gasteiger partial charge in [-0.1, -0.05) is 19.3 Å². The minimum Gasteiger partial charge on any atom is -0.454 e. The van der Waals surface area contributed by atoms with E-state index in [-0.39, 0.29) is 24.8 Å². The number of nitrogens with one attached hydrogen (secondary N) is 1. The van der Waals surface area contributed by atoms with Gasteiger partial charge in [0.25, 0.3) is 11.8 Å². The molecule has 0 unspecified atom stereocenters. The lowest BCUT2D eigenvalue weighted by atomic mass is 10.1. The molecule has 2 heterocycles. The van der Waals surface area contributed by atoms with Gasteiger partial charge in [-0.05, 0) is 40.9 Å². The number of furan rings is 1. The van der Waals surface area contributed by atoms with E-state index < -0.39 is 11.9 Å². The van der Waals surface area contributed by atoms with E-state index in [0.29, 0.717) is 17.8 Å². The fourth-order valence-corrected chi connectivity index (χ4v) is 2.76. The van der Waals surface area contributed by atoms with Crippen molar-refractivity contribution in [3.8, 4) is 0 Å². The van der Waals surface area contributed by atoms with Crippen molar-refractivity contribution in [2.24, 2.45) is 0 Å². The van der Waals surface area contributed by atoms with E-state index in [1.807, 2.05) is 0 Å². The van der Waals surface area contributed by atoms with Crippen LogP contribution < -0.4 is 5.32 Å². The Hall–Kier alpha value is -1.83. The second kappa shape index (κ2) is 9.46. The van der Waals surface area contributed by atoms with E-state index in [1.165, 1.54) is 12.5 Å². The lowest BCUT2D eigenvalue weighted by molar-refractivity contribution is -0.151. The molecule has 1 fully saturated rings. The van der Waals surface area contributed by atoms with E-state index in [2.05, 4.69) is 21.2 Å². The Balaban J connectivity index is 1.68. The molecule has 1 aromatic heterocycles. The van der Waals surface area contributed by atoms with Gasteiger partial charge in [-0.15, -0.1) is 0 Å². The molecule has 1 aliphatic rings. The number of nitrogens with zero attached hydrogens (tertiary/aromatic N) is 1. The first-order chi connectivity index (χ1) is 11.6. The van der Waals surface area contributed by atoms with Crippen molar-refractivity contribution in [1.29, 1.82) is 0 Å². The summed E-state index contributed by atoms with van der Waals surface area (Å²) in [5.41, 5.74) is 0. The monoisotopic (exact) mass is 400 g/mol. The summed E-state index contributed by atoms with van der Waals surface area (Å²) in [5, 5.41) is 2.38. The third-order valence-electron chi connectivity index (χ3n) is 3.76. The molecule has 1 aliphatic heterocycles. The highest BCUT2D eigenvalue weighted by Gasteiger charge is 2.17. The smallest absolute Gasteiger partial charge is 0.325 e. The molecule has 0 spiro atoms. The van der Waals surface area contributed by atoms with Gasteiger partial charge < -0.3 is 19.4 Å². The van der Waals surface area contributed by atoms with E-state index in [4.69, 9.17) is 9.15 Å². The van der Waals surface area contributed by atoms with Crippen molar-refractivity contribution in [3.05, 3.63) is 22.6 Å². The lowest BCUT2D eigenvalue weighted by Gasteiger charge is -2.24. The molecule has 0 saturated carbocycles. The first-order valence-electron chi connectivity index (χ1n) is 8.03. The van der Waals surface area contributed by atoms with Crippen molar-refractivity contribution in [1.82, 2.24) is 10.2 Å². The zero-order valence-electron chi connectivity index (χ0n) is 13.4. The van der Waals surface area contributed by atoms with Gasteiger partial charge in [0.1, 0.15) is 6.54 Å². The molecule has 1 N–H and O–H groups in total. The standard InChI is InChI=1S/C16H21BrN2O5/c17-13-7-6-12(24-13)16(22)18-10-15(21)23-11-14(20)19-8-4-2-1-3-5-9-19/h6-7H,1-5,8-11H2,(H,18,22). The highest BCUT2D eigenvalue weighted by molar-refractivity contribution is 9.10. The molecule has 7 nitrogen and oxygen atoms in total. The number of carbonyl (C=O) groups is 3. The van der Waals surface area contributed by atoms with Gasteiger partial charge in [0.05, 0.1) is 0 Å². The van der Waals surface area contributed by atoms with Crippen LogP contribution in [-0.2, 0) is 14.3 Å². The van der Waals surface area contributed by atoms with Crippen LogP contribution in [0.4, 0.5) is 0 Å². The maximum absolute atomic E-state index is 12.1. The van der Waals surface area contributed by atoms with Crippen LogP contribution in [0.2, 0.25) is 0 Å². The largest absolute Gasteiger partial charge is 0.454 e. The summed E-state index contributed by atoms with van der Waals surface area (Å²) in [4.78, 5) is 37.2. The normalized spacial score (nSPS) is 15.3. The van der Waals surface area contributed by atoms with Crippen LogP contribution in [0.15, 0.2) is 21.2 Å². The molecule has 24 heavy (non-hydrogen) atoms. The van der Waals surface area contributed by atoms with Crippen molar-refractivity contribution in [2.75, 3.05) is 26.2 Å². The molecular weight excluding hydrogens is 380 g/mol. The summed E-state index contributed by atoms with van der Waals surface area (Å²) < 4.78 is 10.4. The van der Waals surface area contributed by atoms with Crippen LogP contribution in [-0.4, -0.2) is 48.9 Å². The topological polar surface area (TPSA) is 88.9 Å². The molecule has 132 valence electrons. The molecule has 0 aliphatic carbocycles. The quantitative estimate of drug-likeness (QED) is 0.764. The van der Waals surface area contributed by atoms with Crippen LogP contribution in [0.1, 0.15) is 42.7 Å². The third-order valence-corrected chi connectivity index (χ3v) is 4.18. The van der Waals surface area contributed by atoms with Crippen molar-refractivity contribution >= 4 is 33.7 Å². The van der Waals surface area contributed by atoms with Gasteiger partial charge in [0.15, 0.2) is 17.0 Å². The number of amides is 2. The Kier molecular flexibility index (Phi) is 7.30. The molecule has 0 radical (unpaired) electrons. The minimum atomic E-state index is -0.658. The number of esters is 1. The number of hydrogen-bond donors (Lipinski definition) is 1. The molecular formula is C16H21BrN2O5. The van der Waals surface area contributed by atoms with Gasteiger partial charge >= 0.3 is 5.97 Å². The van der Waals surface area contributed by atoms with Gasteiger partial charge in [-0.25, -0.2) is 0 Å². The SMILES string of the molecule is O=C(CNC(=O)c1ccc(Br)o1)OCC(=O)N1CCCCCCC1. The Labute approximate surface area is 148 Å². The second-order valence-corrected chi connectivity index (χ2v) is 6.38. The van der Waals surface area contributed by atoms with Crippen LogP contribution in [0, 0.1) is 0 Å². The summed E-state index contributed by atoms with van der Waals surface area (Å²) >= 11 is 3.09. The van der Waals surface area contributed by atoms with Crippen LogP contribution in [0.5, 0.6) is 0 Å². The Morgan fingerprint density at radius 1 is 1.12 bits per heavy atom. The van der Waals surface area contributed by atoms with E-state index in [0.717, 1.165) is 25.7 Å². The average molecular weight is 401 g/mol. The first kappa shape index (κ1) is 18.5.